The molecule has 0 atom stereocenters. The third-order valence-corrected chi connectivity index (χ3v) is 2.39. The van der Waals surface area contributed by atoms with Crippen molar-refractivity contribution in [2.75, 3.05) is 26.8 Å². The first-order valence-corrected chi connectivity index (χ1v) is 6.00. The van der Waals surface area contributed by atoms with E-state index in [4.69, 9.17) is 9.84 Å². The van der Waals surface area contributed by atoms with Crippen LogP contribution in [0.5, 0.6) is 0 Å². The van der Waals surface area contributed by atoms with Crippen LogP contribution in [0.4, 0.5) is 4.79 Å². The number of hydrogen-bond acceptors (Lipinski definition) is 3. The number of aliphatic carboxylic acids is 1. The van der Waals surface area contributed by atoms with Gasteiger partial charge in [0, 0.05) is 20.2 Å². The molecule has 0 rings (SSSR count). The standard InChI is InChI=1S/C12H24N2O4/c1-9(2)8-14(6-7-18-5)11(17)13-12(3,4)10(15)16/h9H,6-8H2,1-5H3,(H,13,17)(H,15,16). The molecule has 0 bridgehead atoms. The van der Waals surface area contributed by atoms with Gasteiger partial charge in [0.05, 0.1) is 6.61 Å². The molecule has 0 aromatic carbocycles. The maximum Gasteiger partial charge on any atom is 0.328 e. The Morgan fingerprint density at radius 2 is 1.94 bits per heavy atom. The van der Waals surface area contributed by atoms with Crippen molar-refractivity contribution in [2.45, 2.75) is 33.2 Å². The van der Waals surface area contributed by atoms with Gasteiger partial charge in [0.15, 0.2) is 0 Å². The van der Waals surface area contributed by atoms with Crippen molar-refractivity contribution in [1.82, 2.24) is 10.2 Å². The van der Waals surface area contributed by atoms with E-state index >= 15 is 0 Å². The largest absolute Gasteiger partial charge is 0.480 e. The fourth-order valence-electron chi connectivity index (χ4n) is 1.32. The minimum atomic E-state index is -1.28. The molecule has 0 fully saturated rings. The van der Waals surface area contributed by atoms with E-state index in [1.165, 1.54) is 13.8 Å². The summed E-state index contributed by atoms with van der Waals surface area (Å²) in [6.07, 6.45) is 0. The number of rotatable bonds is 7. The number of nitrogens with one attached hydrogen (secondary N) is 1. The molecule has 0 unspecified atom stereocenters. The maximum atomic E-state index is 12.0. The minimum Gasteiger partial charge on any atom is -0.480 e. The summed E-state index contributed by atoms with van der Waals surface area (Å²) in [7, 11) is 1.56. The summed E-state index contributed by atoms with van der Waals surface area (Å²) < 4.78 is 4.94. The fraction of sp³-hybridized carbons (Fsp3) is 0.833. The number of amides is 2. The summed E-state index contributed by atoms with van der Waals surface area (Å²) in [4.78, 5) is 24.5. The lowest BCUT2D eigenvalue weighted by atomic mass is 10.1. The minimum absolute atomic E-state index is 0.306. The molecular formula is C12H24N2O4. The average molecular weight is 260 g/mol. The highest BCUT2D eigenvalue weighted by atomic mass is 16.5. The monoisotopic (exact) mass is 260 g/mol. The number of methoxy groups -OCH3 is 1. The smallest absolute Gasteiger partial charge is 0.328 e. The molecule has 0 heterocycles. The maximum absolute atomic E-state index is 12.0. The summed E-state index contributed by atoms with van der Waals surface area (Å²) in [5.74, 6) is -0.757. The first-order valence-electron chi connectivity index (χ1n) is 6.00. The van der Waals surface area contributed by atoms with Gasteiger partial charge in [-0.15, -0.1) is 0 Å². The van der Waals surface area contributed by atoms with Gasteiger partial charge in [-0.3, -0.25) is 0 Å². The molecule has 2 N–H and O–H groups in total. The highest BCUT2D eigenvalue weighted by molar-refractivity contribution is 5.85. The quantitative estimate of drug-likeness (QED) is 0.720. The molecule has 18 heavy (non-hydrogen) atoms. The summed E-state index contributed by atoms with van der Waals surface area (Å²) in [5, 5.41) is 11.5. The molecule has 6 nitrogen and oxygen atoms in total. The summed E-state index contributed by atoms with van der Waals surface area (Å²) in [6, 6.07) is -0.381. The summed E-state index contributed by atoms with van der Waals surface area (Å²) >= 11 is 0. The van der Waals surface area contributed by atoms with Crippen LogP contribution in [-0.4, -0.2) is 54.4 Å². The lowest BCUT2D eigenvalue weighted by Crippen LogP contribution is -2.55. The Bertz CT molecular complexity index is 290. The van der Waals surface area contributed by atoms with Crippen molar-refractivity contribution in [1.29, 1.82) is 0 Å². The van der Waals surface area contributed by atoms with Gasteiger partial charge in [-0.25, -0.2) is 9.59 Å². The Morgan fingerprint density at radius 1 is 1.39 bits per heavy atom. The number of carboxylic acid groups (broad SMARTS) is 1. The van der Waals surface area contributed by atoms with Crippen LogP contribution in [0.1, 0.15) is 27.7 Å². The van der Waals surface area contributed by atoms with Gasteiger partial charge in [-0.1, -0.05) is 13.8 Å². The van der Waals surface area contributed by atoms with E-state index in [0.29, 0.717) is 25.6 Å². The number of carbonyl (C=O) groups excluding carboxylic acids is 1. The van der Waals surface area contributed by atoms with Crippen LogP contribution >= 0.6 is 0 Å². The Kier molecular flexibility index (Phi) is 6.68. The van der Waals surface area contributed by atoms with Crippen LogP contribution in [0, 0.1) is 5.92 Å². The zero-order valence-electron chi connectivity index (χ0n) is 11.8. The van der Waals surface area contributed by atoms with Gasteiger partial charge in [0.25, 0.3) is 0 Å². The molecule has 0 saturated carbocycles. The van der Waals surface area contributed by atoms with Crippen LogP contribution in [0.2, 0.25) is 0 Å². The lowest BCUT2D eigenvalue weighted by molar-refractivity contribution is -0.143. The Hall–Kier alpha value is -1.30. The molecule has 6 heteroatoms. The molecule has 0 aliphatic rings. The van der Waals surface area contributed by atoms with Crippen LogP contribution in [0.3, 0.4) is 0 Å². The van der Waals surface area contributed by atoms with E-state index in [0.717, 1.165) is 0 Å². The molecule has 0 spiro atoms. The Balaban J connectivity index is 4.59. The molecule has 0 aliphatic heterocycles. The van der Waals surface area contributed by atoms with Crippen molar-refractivity contribution in [2.24, 2.45) is 5.92 Å². The number of nitrogens with zero attached hydrogens (tertiary/aromatic N) is 1. The second-order valence-electron chi connectivity index (χ2n) is 5.19. The zero-order valence-corrected chi connectivity index (χ0v) is 11.8. The number of hydrogen-bond donors (Lipinski definition) is 2. The van der Waals surface area contributed by atoms with Crippen LogP contribution in [-0.2, 0) is 9.53 Å². The van der Waals surface area contributed by atoms with Crippen molar-refractivity contribution in [3.05, 3.63) is 0 Å². The van der Waals surface area contributed by atoms with E-state index in [1.807, 2.05) is 13.8 Å². The molecule has 2 amide bonds. The number of ether oxygens (including phenoxy) is 1. The van der Waals surface area contributed by atoms with Crippen molar-refractivity contribution < 1.29 is 19.4 Å². The fourth-order valence-corrected chi connectivity index (χ4v) is 1.32. The van der Waals surface area contributed by atoms with Crippen molar-refractivity contribution >= 4 is 12.0 Å². The van der Waals surface area contributed by atoms with Crippen LogP contribution < -0.4 is 5.32 Å². The second-order valence-corrected chi connectivity index (χ2v) is 5.19. The number of urea groups is 1. The highest BCUT2D eigenvalue weighted by Crippen LogP contribution is 2.05. The molecular weight excluding hydrogens is 236 g/mol. The zero-order chi connectivity index (χ0) is 14.3. The predicted molar refractivity (Wildman–Crippen MR) is 68.5 cm³/mol. The van der Waals surface area contributed by atoms with Crippen LogP contribution in [0.25, 0.3) is 0 Å². The van der Waals surface area contributed by atoms with E-state index in [9.17, 15) is 9.59 Å². The van der Waals surface area contributed by atoms with Gasteiger partial charge in [0.2, 0.25) is 0 Å². The predicted octanol–water partition coefficient (Wildman–Crippen LogP) is 1.16. The molecule has 106 valence electrons. The average Bonchev–Trinajstić information content (AvgIpc) is 2.22. The summed E-state index contributed by atoms with van der Waals surface area (Å²) in [6.45, 7) is 8.33. The SMILES string of the molecule is COCCN(CC(C)C)C(=O)NC(C)(C)C(=O)O. The third kappa shape index (κ3) is 5.86. The normalized spacial score (nSPS) is 11.4. The van der Waals surface area contributed by atoms with Gasteiger partial charge in [0.1, 0.15) is 5.54 Å². The second kappa shape index (κ2) is 7.20. The van der Waals surface area contributed by atoms with Crippen LogP contribution in [0.15, 0.2) is 0 Å². The van der Waals surface area contributed by atoms with Gasteiger partial charge in [-0.2, -0.15) is 0 Å². The Labute approximate surface area is 108 Å². The molecule has 0 aliphatic carbocycles. The van der Waals surface area contributed by atoms with E-state index in [-0.39, 0.29) is 6.03 Å². The Morgan fingerprint density at radius 3 is 2.33 bits per heavy atom. The first kappa shape index (κ1) is 16.7. The number of carboxylic acids is 1. The number of carbonyl (C=O) groups is 2. The molecule has 0 aromatic rings. The topological polar surface area (TPSA) is 78.9 Å². The van der Waals surface area contributed by atoms with E-state index < -0.39 is 11.5 Å². The van der Waals surface area contributed by atoms with E-state index in [2.05, 4.69) is 5.32 Å². The summed E-state index contributed by atoms with van der Waals surface area (Å²) in [5.41, 5.74) is -1.28. The molecule has 0 aromatic heterocycles. The lowest BCUT2D eigenvalue weighted by Gasteiger charge is -2.29. The van der Waals surface area contributed by atoms with E-state index in [1.54, 1.807) is 12.0 Å². The molecule has 0 radical (unpaired) electrons. The van der Waals surface area contributed by atoms with Gasteiger partial charge in [-0.05, 0) is 19.8 Å². The first-order chi connectivity index (χ1) is 8.20. The van der Waals surface area contributed by atoms with Gasteiger partial charge < -0.3 is 20.1 Å². The third-order valence-electron chi connectivity index (χ3n) is 2.39. The molecule has 0 saturated heterocycles. The van der Waals surface area contributed by atoms with Crippen molar-refractivity contribution in [3.63, 3.8) is 0 Å². The van der Waals surface area contributed by atoms with Crippen molar-refractivity contribution in [3.8, 4) is 0 Å². The highest BCUT2D eigenvalue weighted by Gasteiger charge is 2.30. The van der Waals surface area contributed by atoms with Gasteiger partial charge >= 0.3 is 12.0 Å².